The van der Waals surface area contributed by atoms with Gasteiger partial charge in [-0.15, -0.1) is 0 Å². The van der Waals surface area contributed by atoms with E-state index in [1.54, 1.807) is 18.2 Å². The molecule has 4 nitrogen and oxygen atoms in total. The van der Waals surface area contributed by atoms with Crippen LogP contribution in [0.1, 0.15) is 22.3 Å². The lowest BCUT2D eigenvalue weighted by Crippen LogP contribution is -2.32. The monoisotopic (exact) mass is 418 g/mol. The summed E-state index contributed by atoms with van der Waals surface area (Å²) in [4.78, 5) is 27.6. The fourth-order valence-electron chi connectivity index (χ4n) is 3.47. The number of nitrogens with one attached hydrogen (secondary N) is 1. The zero-order valence-electron chi connectivity index (χ0n) is 17.1. The van der Waals surface area contributed by atoms with Crippen molar-refractivity contribution >= 4 is 23.1 Å². The maximum absolute atomic E-state index is 14.2. The van der Waals surface area contributed by atoms with Gasteiger partial charge in [0, 0.05) is 11.3 Å². The Bertz CT molecular complexity index is 1220. The number of aryl methyl sites for hydroxylation is 2. The molecule has 0 bridgehead atoms. The van der Waals surface area contributed by atoms with Gasteiger partial charge in [-0.05, 0) is 60.9 Å². The molecule has 0 aromatic heterocycles. The second-order valence-electron chi connectivity index (χ2n) is 7.47. The molecule has 3 aromatic rings. The van der Waals surface area contributed by atoms with E-state index in [2.05, 4.69) is 5.32 Å². The Morgan fingerprint density at radius 1 is 0.839 bits per heavy atom. The molecular formula is C25H20F2N2O2. The minimum atomic E-state index is -0.564. The number of carbonyl (C=O) groups excluding carboxylic acids is 2. The van der Waals surface area contributed by atoms with Gasteiger partial charge in [-0.2, -0.15) is 0 Å². The average molecular weight is 418 g/mol. The minimum absolute atomic E-state index is 0.0798. The third-order valence-corrected chi connectivity index (χ3v) is 5.36. The summed E-state index contributed by atoms with van der Waals surface area (Å²) in [6.07, 6.45) is 0. The van der Waals surface area contributed by atoms with E-state index < -0.39 is 23.4 Å². The summed E-state index contributed by atoms with van der Waals surface area (Å²) in [6.45, 7) is 3.69. The van der Waals surface area contributed by atoms with Gasteiger partial charge in [-0.25, -0.2) is 8.78 Å². The smallest absolute Gasteiger partial charge is 0.278 e. The number of anilines is 1. The molecule has 1 N–H and O–H groups in total. The highest BCUT2D eigenvalue weighted by Crippen LogP contribution is 2.32. The predicted molar refractivity (Wildman–Crippen MR) is 115 cm³/mol. The number of hydrogen-bond acceptors (Lipinski definition) is 3. The Hall–Kier alpha value is -3.80. The first kappa shape index (κ1) is 20.5. The molecular weight excluding hydrogens is 398 g/mol. The summed E-state index contributed by atoms with van der Waals surface area (Å²) >= 11 is 0. The van der Waals surface area contributed by atoms with Gasteiger partial charge in [0.15, 0.2) is 0 Å². The Balaban J connectivity index is 1.77. The molecule has 0 radical (unpaired) electrons. The number of imide groups is 1. The van der Waals surface area contributed by atoms with Gasteiger partial charge in [-0.3, -0.25) is 14.5 Å². The molecule has 31 heavy (non-hydrogen) atoms. The van der Waals surface area contributed by atoms with E-state index in [1.165, 1.54) is 36.4 Å². The number of carbonyl (C=O) groups is 2. The van der Waals surface area contributed by atoms with Gasteiger partial charge in [0.2, 0.25) is 0 Å². The molecule has 1 aliphatic rings. The summed E-state index contributed by atoms with van der Waals surface area (Å²) in [5.41, 5.74) is 3.60. The summed E-state index contributed by atoms with van der Waals surface area (Å²) in [7, 11) is 0. The van der Waals surface area contributed by atoms with Crippen molar-refractivity contribution in [2.75, 3.05) is 5.32 Å². The number of amides is 2. The lowest BCUT2D eigenvalue weighted by atomic mass is 9.99. The molecule has 0 aliphatic carbocycles. The van der Waals surface area contributed by atoms with Crippen LogP contribution < -0.4 is 5.32 Å². The molecule has 0 saturated carbocycles. The molecule has 1 aliphatic heterocycles. The molecule has 0 fully saturated rings. The van der Waals surface area contributed by atoms with Crippen LogP contribution in [-0.4, -0.2) is 16.7 Å². The van der Waals surface area contributed by atoms with E-state index in [9.17, 15) is 18.4 Å². The zero-order chi connectivity index (χ0) is 22.1. The average Bonchev–Trinajstić information content (AvgIpc) is 2.97. The first-order valence-electron chi connectivity index (χ1n) is 9.79. The number of halogens is 2. The molecule has 0 unspecified atom stereocenters. The molecule has 0 atom stereocenters. The van der Waals surface area contributed by atoms with E-state index in [0.29, 0.717) is 11.3 Å². The molecule has 3 aromatic carbocycles. The molecule has 0 spiro atoms. The second kappa shape index (κ2) is 8.14. The Kier molecular flexibility index (Phi) is 5.38. The van der Waals surface area contributed by atoms with Crippen LogP contribution in [0.2, 0.25) is 0 Å². The van der Waals surface area contributed by atoms with Crippen LogP contribution in [0.5, 0.6) is 0 Å². The summed E-state index contributed by atoms with van der Waals surface area (Å²) in [5, 5.41) is 2.97. The van der Waals surface area contributed by atoms with Crippen molar-refractivity contribution in [1.82, 2.24) is 4.90 Å². The maximum Gasteiger partial charge on any atom is 0.278 e. The Morgan fingerprint density at radius 2 is 1.55 bits per heavy atom. The van der Waals surface area contributed by atoms with E-state index in [1.807, 2.05) is 26.0 Å². The van der Waals surface area contributed by atoms with Crippen molar-refractivity contribution in [1.29, 1.82) is 0 Å². The van der Waals surface area contributed by atoms with Crippen LogP contribution in [0.25, 0.3) is 5.57 Å². The highest BCUT2D eigenvalue weighted by molar-refractivity contribution is 6.36. The minimum Gasteiger partial charge on any atom is -0.350 e. The van der Waals surface area contributed by atoms with Crippen molar-refractivity contribution < 1.29 is 18.4 Å². The number of hydrogen-bond donors (Lipinski definition) is 1. The van der Waals surface area contributed by atoms with Gasteiger partial charge < -0.3 is 5.32 Å². The van der Waals surface area contributed by atoms with Crippen LogP contribution in [0.3, 0.4) is 0 Å². The van der Waals surface area contributed by atoms with E-state index in [0.717, 1.165) is 16.0 Å². The summed E-state index contributed by atoms with van der Waals surface area (Å²) < 4.78 is 27.5. The fraction of sp³-hybridized carbons (Fsp3) is 0.120. The van der Waals surface area contributed by atoms with Crippen LogP contribution in [0, 0.1) is 25.5 Å². The standard InChI is InChI=1S/C25H20F2N2O2/c1-15-7-8-17(13-16(15)2)22-23(28-20-11-9-19(26)10-12-20)25(31)29(24(22)30)14-18-5-3-4-6-21(18)27/h3-13,28H,14H2,1-2H3. The van der Waals surface area contributed by atoms with Crippen LogP contribution >= 0.6 is 0 Å². The quantitative estimate of drug-likeness (QED) is 0.595. The topological polar surface area (TPSA) is 49.4 Å². The van der Waals surface area contributed by atoms with Gasteiger partial charge in [0.05, 0.1) is 12.1 Å². The summed E-state index contributed by atoms with van der Waals surface area (Å²) in [5.74, 6) is -1.98. The normalized spacial score (nSPS) is 13.9. The number of rotatable bonds is 5. The van der Waals surface area contributed by atoms with Crippen molar-refractivity contribution in [2.45, 2.75) is 20.4 Å². The Labute approximate surface area is 178 Å². The van der Waals surface area contributed by atoms with Gasteiger partial charge in [-0.1, -0.05) is 36.4 Å². The Morgan fingerprint density at radius 3 is 2.23 bits per heavy atom. The zero-order valence-corrected chi connectivity index (χ0v) is 17.1. The van der Waals surface area contributed by atoms with E-state index in [-0.39, 0.29) is 23.4 Å². The maximum atomic E-state index is 14.2. The molecule has 156 valence electrons. The lowest BCUT2D eigenvalue weighted by molar-refractivity contribution is -0.137. The van der Waals surface area contributed by atoms with Crippen molar-refractivity contribution in [3.63, 3.8) is 0 Å². The largest absolute Gasteiger partial charge is 0.350 e. The number of benzene rings is 3. The highest BCUT2D eigenvalue weighted by Gasteiger charge is 2.39. The third-order valence-electron chi connectivity index (χ3n) is 5.36. The summed E-state index contributed by atoms with van der Waals surface area (Å²) in [6, 6.07) is 17.0. The van der Waals surface area contributed by atoms with Crippen molar-refractivity contribution in [2.24, 2.45) is 0 Å². The van der Waals surface area contributed by atoms with Crippen molar-refractivity contribution in [3.05, 3.63) is 106 Å². The highest BCUT2D eigenvalue weighted by atomic mass is 19.1. The fourth-order valence-corrected chi connectivity index (χ4v) is 3.47. The molecule has 1 heterocycles. The van der Waals surface area contributed by atoms with Crippen molar-refractivity contribution in [3.8, 4) is 0 Å². The van der Waals surface area contributed by atoms with Gasteiger partial charge in [0.25, 0.3) is 11.8 Å². The second-order valence-corrected chi connectivity index (χ2v) is 7.47. The SMILES string of the molecule is Cc1ccc(C2=C(Nc3ccc(F)cc3)C(=O)N(Cc3ccccc3F)C2=O)cc1C. The molecule has 0 saturated heterocycles. The van der Waals surface area contributed by atoms with Crippen LogP contribution in [-0.2, 0) is 16.1 Å². The van der Waals surface area contributed by atoms with Gasteiger partial charge in [0.1, 0.15) is 17.3 Å². The van der Waals surface area contributed by atoms with Gasteiger partial charge >= 0.3 is 0 Å². The molecule has 4 rings (SSSR count). The third kappa shape index (κ3) is 3.97. The first-order valence-corrected chi connectivity index (χ1v) is 9.79. The molecule has 6 heteroatoms. The van der Waals surface area contributed by atoms with Crippen LogP contribution in [0.4, 0.5) is 14.5 Å². The van der Waals surface area contributed by atoms with E-state index >= 15 is 0 Å². The molecule has 2 amide bonds. The predicted octanol–water partition coefficient (Wildman–Crippen LogP) is 4.97. The lowest BCUT2D eigenvalue weighted by Gasteiger charge is -2.16. The number of nitrogens with zero attached hydrogens (tertiary/aromatic N) is 1. The van der Waals surface area contributed by atoms with E-state index in [4.69, 9.17) is 0 Å². The van der Waals surface area contributed by atoms with Crippen LogP contribution in [0.15, 0.2) is 72.4 Å². The first-order chi connectivity index (χ1) is 14.8.